The normalized spacial score (nSPS) is 15.2. The number of rotatable bonds is 4. The third-order valence-electron chi connectivity index (χ3n) is 11.2. The predicted molar refractivity (Wildman–Crippen MR) is 275 cm³/mol. The minimum atomic E-state index is 0. The summed E-state index contributed by atoms with van der Waals surface area (Å²) in [7, 11) is 0. The van der Waals surface area contributed by atoms with Crippen LogP contribution in [0.5, 0.6) is 23.0 Å². The Morgan fingerprint density at radius 2 is 0.652 bits per heavy atom. The van der Waals surface area contributed by atoms with Crippen molar-refractivity contribution in [3.63, 3.8) is 0 Å². The van der Waals surface area contributed by atoms with E-state index in [0.717, 1.165) is 12.8 Å². The largest absolute Gasteiger partial charge is 1.00 e. The Labute approximate surface area is 593 Å². The van der Waals surface area contributed by atoms with Gasteiger partial charge in [-0.2, -0.15) is 0 Å². The van der Waals surface area contributed by atoms with Crippen LogP contribution in [-0.2, 0) is 12.8 Å². The van der Waals surface area contributed by atoms with Crippen molar-refractivity contribution in [3.05, 3.63) is 180 Å². The Kier molecular flexibility index (Phi) is 60.1. The number of aryl methyl sites for hydroxylation is 2. The summed E-state index contributed by atoms with van der Waals surface area (Å²) in [5.41, 5.74) is 6.63. The van der Waals surface area contributed by atoms with Crippen molar-refractivity contribution in [2.75, 3.05) is 0 Å². The second-order valence-corrected chi connectivity index (χ2v) is 15.4. The van der Waals surface area contributed by atoms with Crippen LogP contribution in [0.25, 0.3) is 11.1 Å². The van der Waals surface area contributed by atoms with Gasteiger partial charge in [0.05, 0.1) is 0 Å². The fraction of sp³-hybridized carbons (Fsp3) is 0.410. The molecule has 3 aliphatic carbocycles. The van der Waals surface area contributed by atoms with E-state index in [-0.39, 0.29) is 229 Å². The maximum atomic E-state index is 10.6. The van der Waals surface area contributed by atoms with Gasteiger partial charge in [-0.05, 0) is 102 Å². The van der Waals surface area contributed by atoms with Crippen molar-refractivity contribution in [3.8, 4) is 34.1 Å². The Morgan fingerprint density at radius 1 is 0.377 bits per heavy atom. The van der Waals surface area contributed by atoms with Gasteiger partial charge in [-0.1, -0.05) is 253 Å². The van der Waals surface area contributed by atoms with Crippen molar-refractivity contribution in [2.24, 2.45) is 23.7 Å². The maximum Gasteiger partial charge on any atom is 1.00 e. The molecule has 0 aliphatic heterocycles. The average molecular weight is 1040 g/mol. The third-order valence-corrected chi connectivity index (χ3v) is 11.2. The summed E-state index contributed by atoms with van der Waals surface area (Å²) in [5.74, 6) is 5.62. The molecule has 69 heavy (non-hydrogen) atoms. The standard InChI is InChI=1S/C16H18.C10H16.C9H12O.3C6H6O.4C2H6.4K/c1-3-13-5-9-15(10-6-13)16-11-7-14(4-2)8-12-16;1-2-9-7-4-5-8(6-7)10(9)3-1;1-7(2)8-3-5-9(10)6-4-8;3*7-6-4-2-1-3-5-6;4*1-2;;;;/h5-12H,3-4H2,1-2H3;7-10H,1-6H2;3-7,10H,1-2H3;3*1-5,7H;4*1-2H3;;;;/q;;;;;;;;;;4*+1/p-4. The molecule has 4 atom stereocenters. The SMILES string of the molecule is C1CC2C3CCC(C3)C2C1.CC.CC.CC.CC.CC(C)c1ccc([O-])cc1.CCc1ccc(-c2ccc(CC)cc2)cc1.[K+].[K+].[K+].[K+].[O-]c1ccccc1.[O-]c1ccccc1.[O-]c1ccccc1. The number of hydrogen-bond acceptors (Lipinski definition) is 4. The van der Waals surface area contributed by atoms with Gasteiger partial charge in [0.15, 0.2) is 0 Å². The summed E-state index contributed by atoms with van der Waals surface area (Å²) in [6.07, 6.45) is 11.7. The molecule has 9 rings (SSSR count). The van der Waals surface area contributed by atoms with E-state index in [0.29, 0.717) is 5.92 Å². The minimum absolute atomic E-state index is 0. The zero-order valence-electron chi connectivity index (χ0n) is 46.3. The van der Waals surface area contributed by atoms with Gasteiger partial charge in [0, 0.05) is 0 Å². The number of fused-ring (bicyclic) bond motifs is 5. The van der Waals surface area contributed by atoms with E-state index in [1.807, 2.05) is 85.7 Å². The molecule has 0 spiro atoms. The summed E-state index contributed by atoms with van der Waals surface area (Å²) in [6.45, 7) is 24.6. The monoisotopic (exact) mass is 1040 g/mol. The van der Waals surface area contributed by atoms with Crippen LogP contribution in [0.4, 0.5) is 0 Å². The first kappa shape index (κ1) is 78.9. The smallest absolute Gasteiger partial charge is 0.872 e. The molecule has 356 valence electrons. The number of para-hydroxylation sites is 3. The fourth-order valence-corrected chi connectivity index (χ4v) is 8.00. The van der Waals surface area contributed by atoms with Crippen LogP contribution < -0.4 is 226 Å². The molecule has 0 aromatic heterocycles. The van der Waals surface area contributed by atoms with Gasteiger partial charge in [-0.3, -0.25) is 0 Å². The van der Waals surface area contributed by atoms with Crippen LogP contribution in [-0.4, -0.2) is 0 Å². The summed E-state index contributed by atoms with van der Waals surface area (Å²) < 4.78 is 0. The van der Waals surface area contributed by atoms with Crippen molar-refractivity contribution in [1.82, 2.24) is 0 Å². The van der Waals surface area contributed by atoms with Gasteiger partial charge >= 0.3 is 206 Å². The first-order chi connectivity index (χ1) is 31.7. The van der Waals surface area contributed by atoms with Gasteiger partial charge in [0.2, 0.25) is 0 Å². The minimum Gasteiger partial charge on any atom is -0.872 e. The quantitative estimate of drug-likeness (QED) is 0.253. The van der Waals surface area contributed by atoms with Gasteiger partial charge in [0.1, 0.15) is 0 Å². The molecule has 3 aliphatic rings. The van der Waals surface area contributed by atoms with E-state index in [1.54, 1.807) is 87.1 Å². The zero-order valence-corrected chi connectivity index (χ0v) is 58.8. The number of hydrogen-bond donors (Lipinski definition) is 0. The molecule has 4 unspecified atom stereocenters. The summed E-state index contributed by atoms with van der Waals surface area (Å²) in [6, 6.07) is 49.6. The van der Waals surface area contributed by atoms with Crippen molar-refractivity contribution in [2.45, 2.75) is 140 Å². The van der Waals surface area contributed by atoms with Crippen LogP contribution in [0.3, 0.4) is 0 Å². The summed E-state index contributed by atoms with van der Waals surface area (Å²) in [4.78, 5) is 0. The van der Waals surface area contributed by atoms with Crippen LogP contribution in [0.15, 0.2) is 164 Å². The van der Waals surface area contributed by atoms with Crippen LogP contribution in [0.2, 0.25) is 0 Å². The molecule has 0 saturated heterocycles. The van der Waals surface area contributed by atoms with E-state index in [1.165, 1.54) is 87.9 Å². The van der Waals surface area contributed by atoms with Gasteiger partial charge in [-0.25, -0.2) is 0 Å². The second-order valence-electron chi connectivity index (χ2n) is 15.4. The number of benzene rings is 6. The Morgan fingerprint density at radius 3 is 0.884 bits per heavy atom. The molecule has 0 radical (unpaired) electrons. The molecule has 0 amide bonds. The van der Waals surface area contributed by atoms with Gasteiger partial charge < -0.3 is 20.4 Å². The van der Waals surface area contributed by atoms with Crippen LogP contribution in [0, 0.1) is 23.7 Å². The van der Waals surface area contributed by atoms with Crippen molar-refractivity contribution in [1.29, 1.82) is 0 Å². The van der Waals surface area contributed by atoms with E-state index < -0.39 is 0 Å². The molecule has 0 heterocycles. The molecule has 8 heteroatoms. The molecule has 6 aromatic rings. The Balaban J connectivity index is -0.000000233. The first-order valence-corrected chi connectivity index (χ1v) is 24.8. The zero-order chi connectivity index (χ0) is 48.8. The molecular formula is C61H84K4O4. The van der Waals surface area contributed by atoms with E-state index in [9.17, 15) is 20.4 Å². The van der Waals surface area contributed by atoms with Crippen molar-refractivity contribution < 1.29 is 226 Å². The van der Waals surface area contributed by atoms with Crippen LogP contribution >= 0.6 is 0 Å². The summed E-state index contributed by atoms with van der Waals surface area (Å²) >= 11 is 0. The maximum absolute atomic E-state index is 10.6. The average Bonchev–Trinajstić information content (AvgIpc) is 4.15. The van der Waals surface area contributed by atoms with Gasteiger partial charge in [-0.15, -0.1) is 23.0 Å². The summed E-state index contributed by atoms with van der Waals surface area (Å²) in [5, 5.41) is 41.5. The van der Waals surface area contributed by atoms with E-state index >= 15 is 0 Å². The first-order valence-electron chi connectivity index (χ1n) is 24.8. The van der Waals surface area contributed by atoms with Crippen LogP contribution in [0.1, 0.15) is 144 Å². The fourth-order valence-electron chi connectivity index (χ4n) is 8.00. The molecule has 3 saturated carbocycles. The second kappa shape index (κ2) is 52.5. The Bertz CT molecular complexity index is 1780. The molecule has 6 aromatic carbocycles. The van der Waals surface area contributed by atoms with E-state index in [2.05, 4.69) is 76.2 Å². The Hall–Kier alpha value is 1.07. The molecule has 2 bridgehead atoms. The van der Waals surface area contributed by atoms with Gasteiger partial charge in [0.25, 0.3) is 0 Å². The predicted octanol–water partition coefficient (Wildman–Crippen LogP) is 3.60. The van der Waals surface area contributed by atoms with E-state index in [4.69, 9.17) is 0 Å². The topological polar surface area (TPSA) is 92.2 Å². The molecular weight excluding hydrogens is 953 g/mol. The third kappa shape index (κ3) is 35.1. The molecule has 3 fully saturated rings. The molecule has 4 nitrogen and oxygen atoms in total. The van der Waals surface area contributed by atoms with Crippen molar-refractivity contribution >= 4 is 0 Å². The molecule has 0 N–H and O–H groups in total.